The Hall–Kier alpha value is -1.77. The van der Waals surface area contributed by atoms with Crippen LogP contribution in [0.4, 0.5) is 13.2 Å². The highest BCUT2D eigenvalue weighted by atomic mass is 19.4. The first kappa shape index (κ1) is 12.7. The van der Waals surface area contributed by atoms with Gasteiger partial charge < -0.3 is 0 Å². The Labute approximate surface area is 104 Å². The topological polar surface area (TPSA) is 0 Å². The molecule has 0 atom stereocenters. The summed E-state index contributed by atoms with van der Waals surface area (Å²) in [6.45, 7) is 1.97. The zero-order valence-corrected chi connectivity index (χ0v) is 9.96. The van der Waals surface area contributed by atoms with Crippen molar-refractivity contribution in [1.29, 1.82) is 0 Å². The lowest BCUT2D eigenvalue weighted by atomic mass is 10.0. The molecular weight excluding hydrogens is 237 g/mol. The molecule has 0 N–H and O–H groups in total. The second-order valence-electron chi connectivity index (χ2n) is 4.36. The molecule has 0 aliphatic carbocycles. The van der Waals surface area contributed by atoms with Crippen LogP contribution in [0.25, 0.3) is 0 Å². The molecule has 0 saturated carbocycles. The third-order valence-electron chi connectivity index (χ3n) is 2.75. The van der Waals surface area contributed by atoms with Crippen molar-refractivity contribution in [2.45, 2.75) is 19.5 Å². The molecule has 3 heteroatoms. The standard InChI is InChI=1S/C15H13F3/c1-11-4-2-5-12(8-11)9-13-6-3-7-14(10-13)15(16,17)18/h2-8,10H,9H2,1H3. The summed E-state index contributed by atoms with van der Waals surface area (Å²) in [5, 5.41) is 0. The van der Waals surface area contributed by atoms with E-state index in [4.69, 9.17) is 0 Å². The number of hydrogen-bond acceptors (Lipinski definition) is 0. The number of aryl methyl sites for hydroxylation is 1. The molecule has 0 aromatic heterocycles. The lowest BCUT2D eigenvalue weighted by Gasteiger charge is -2.09. The molecule has 0 aliphatic heterocycles. The van der Waals surface area contributed by atoms with E-state index in [1.165, 1.54) is 12.1 Å². The Bertz CT molecular complexity index is 541. The van der Waals surface area contributed by atoms with Crippen LogP contribution in [0.3, 0.4) is 0 Å². The maximum Gasteiger partial charge on any atom is 0.416 e. The third-order valence-corrected chi connectivity index (χ3v) is 2.75. The molecule has 0 spiro atoms. The molecule has 94 valence electrons. The predicted molar refractivity (Wildman–Crippen MR) is 65.4 cm³/mol. The molecule has 0 fully saturated rings. The second kappa shape index (κ2) is 4.84. The van der Waals surface area contributed by atoms with Gasteiger partial charge in [0.05, 0.1) is 5.56 Å². The molecule has 2 rings (SSSR count). The Morgan fingerprint density at radius 3 is 2.11 bits per heavy atom. The minimum Gasteiger partial charge on any atom is -0.166 e. The minimum absolute atomic E-state index is 0.519. The van der Waals surface area contributed by atoms with Crippen LogP contribution in [0.1, 0.15) is 22.3 Å². The average Bonchev–Trinajstić information content (AvgIpc) is 2.28. The fraction of sp³-hybridized carbons (Fsp3) is 0.200. The molecule has 0 aliphatic rings. The van der Waals surface area contributed by atoms with Gasteiger partial charge in [-0.15, -0.1) is 0 Å². The lowest BCUT2D eigenvalue weighted by molar-refractivity contribution is -0.137. The zero-order valence-electron chi connectivity index (χ0n) is 9.96. The highest BCUT2D eigenvalue weighted by Gasteiger charge is 2.30. The Morgan fingerprint density at radius 1 is 0.889 bits per heavy atom. The first-order chi connectivity index (χ1) is 8.45. The van der Waals surface area contributed by atoms with Crippen molar-refractivity contribution in [1.82, 2.24) is 0 Å². The van der Waals surface area contributed by atoms with Gasteiger partial charge in [0.15, 0.2) is 0 Å². The zero-order chi connectivity index (χ0) is 13.2. The van der Waals surface area contributed by atoms with Gasteiger partial charge in [0, 0.05) is 0 Å². The molecule has 0 bridgehead atoms. The van der Waals surface area contributed by atoms with Gasteiger partial charge in [0.1, 0.15) is 0 Å². The van der Waals surface area contributed by atoms with Crippen LogP contribution in [-0.4, -0.2) is 0 Å². The molecule has 0 heterocycles. The minimum atomic E-state index is -4.28. The average molecular weight is 250 g/mol. The third kappa shape index (κ3) is 3.13. The highest BCUT2D eigenvalue weighted by Crippen LogP contribution is 2.29. The Morgan fingerprint density at radius 2 is 1.50 bits per heavy atom. The number of halogens is 3. The van der Waals surface area contributed by atoms with Crippen molar-refractivity contribution in [2.75, 3.05) is 0 Å². The fourth-order valence-electron chi connectivity index (χ4n) is 1.92. The first-order valence-electron chi connectivity index (χ1n) is 5.67. The fourth-order valence-corrected chi connectivity index (χ4v) is 1.92. The molecule has 0 radical (unpaired) electrons. The van der Waals surface area contributed by atoms with Crippen molar-refractivity contribution in [3.05, 3.63) is 70.8 Å². The van der Waals surface area contributed by atoms with E-state index in [2.05, 4.69) is 0 Å². The van der Waals surface area contributed by atoms with Crippen LogP contribution in [0.2, 0.25) is 0 Å². The van der Waals surface area contributed by atoms with Gasteiger partial charge in [-0.05, 0) is 30.5 Å². The summed E-state index contributed by atoms with van der Waals surface area (Å²) in [7, 11) is 0. The maximum absolute atomic E-state index is 12.6. The summed E-state index contributed by atoms with van der Waals surface area (Å²) in [4.78, 5) is 0. The van der Waals surface area contributed by atoms with E-state index in [-0.39, 0.29) is 0 Å². The smallest absolute Gasteiger partial charge is 0.166 e. The maximum atomic E-state index is 12.6. The summed E-state index contributed by atoms with van der Waals surface area (Å²) in [6, 6.07) is 13.3. The molecular formula is C15H13F3. The largest absolute Gasteiger partial charge is 0.416 e. The van der Waals surface area contributed by atoms with Gasteiger partial charge in [-0.3, -0.25) is 0 Å². The van der Waals surface area contributed by atoms with Crippen LogP contribution in [0, 0.1) is 6.92 Å². The molecule has 2 aromatic carbocycles. The predicted octanol–water partition coefficient (Wildman–Crippen LogP) is 4.60. The van der Waals surface area contributed by atoms with Crippen LogP contribution in [0.15, 0.2) is 48.5 Å². The Balaban J connectivity index is 2.25. The normalized spacial score (nSPS) is 11.6. The van der Waals surface area contributed by atoms with Crippen molar-refractivity contribution < 1.29 is 13.2 Å². The van der Waals surface area contributed by atoms with Crippen molar-refractivity contribution >= 4 is 0 Å². The molecule has 18 heavy (non-hydrogen) atoms. The van der Waals surface area contributed by atoms with Crippen molar-refractivity contribution in [3.63, 3.8) is 0 Å². The van der Waals surface area contributed by atoms with E-state index < -0.39 is 11.7 Å². The number of alkyl halides is 3. The first-order valence-corrected chi connectivity index (χ1v) is 5.67. The van der Waals surface area contributed by atoms with Gasteiger partial charge in [-0.1, -0.05) is 48.0 Å². The molecule has 0 amide bonds. The van der Waals surface area contributed by atoms with E-state index in [1.54, 1.807) is 6.07 Å². The van der Waals surface area contributed by atoms with Crippen molar-refractivity contribution in [3.8, 4) is 0 Å². The number of hydrogen-bond donors (Lipinski definition) is 0. The monoisotopic (exact) mass is 250 g/mol. The van der Waals surface area contributed by atoms with E-state index >= 15 is 0 Å². The van der Waals surface area contributed by atoms with E-state index in [1.807, 2.05) is 31.2 Å². The SMILES string of the molecule is Cc1cccc(Cc2cccc(C(F)(F)F)c2)c1. The van der Waals surface area contributed by atoms with E-state index in [0.29, 0.717) is 12.0 Å². The van der Waals surface area contributed by atoms with Crippen LogP contribution < -0.4 is 0 Å². The van der Waals surface area contributed by atoms with E-state index in [9.17, 15) is 13.2 Å². The van der Waals surface area contributed by atoms with Gasteiger partial charge in [0.25, 0.3) is 0 Å². The highest BCUT2D eigenvalue weighted by molar-refractivity contribution is 5.32. The van der Waals surface area contributed by atoms with E-state index in [0.717, 1.165) is 17.2 Å². The lowest BCUT2D eigenvalue weighted by Crippen LogP contribution is -2.05. The van der Waals surface area contributed by atoms with Gasteiger partial charge in [-0.2, -0.15) is 13.2 Å². The van der Waals surface area contributed by atoms with Gasteiger partial charge in [0.2, 0.25) is 0 Å². The van der Waals surface area contributed by atoms with Crippen LogP contribution in [-0.2, 0) is 12.6 Å². The van der Waals surface area contributed by atoms with Gasteiger partial charge >= 0.3 is 6.18 Å². The molecule has 0 unspecified atom stereocenters. The summed E-state index contributed by atoms with van der Waals surface area (Å²) >= 11 is 0. The van der Waals surface area contributed by atoms with Crippen molar-refractivity contribution in [2.24, 2.45) is 0 Å². The second-order valence-corrected chi connectivity index (χ2v) is 4.36. The van der Waals surface area contributed by atoms with Crippen LogP contribution >= 0.6 is 0 Å². The molecule has 0 nitrogen and oxygen atoms in total. The number of benzene rings is 2. The quantitative estimate of drug-likeness (QED) is 0.730. The summed E-state index contributed by atoms with van der Waals surface area (Å²) in [5.74, 6) is 0. The summed E-state index contributed by atoms with van der Waals surface area (Å²) < 4.78 is 37.7. The number of rotatable bonds is 2. The van der Waals surface area contributed by atoms with Crippen LogP contribution in [0.5, 0.6) is 0 Å². The summed E-state index contributed by atoms with van der Waals surface area (Å²) in [5.41, 5.74) is 2.22. The Kier molecular flexibility index (Phi) is 3.41. The van der Waals surface area contributed by atoms with Gasteiger partial charge in [-0.25, -0.2) is 0 Å². The molecule has 2 aromatic rings. The summed E-state index contributed by atoms with van der Waals surface area (Å²) in [6.07, 6.45) is -3.76. The molecule has 0 saturated heterocycles.